The Morgan fingerprint density at radius 1 is 1.25 bits per heavy atom. The third-order valence-electron chi connectivity index (χ3n) is 2.71. The van der Waals surface area contributed by atoms with Gasteiger partial charge in [-0.05, 0) is 24.3 Å². The number of carbonyl (C=O) groups excluding carboxylic acids is 1. The molecule has 2 rings (SSSR count). The van der Waals surface area contributed by atoms with Gasteiger partial charge in [0.1, 0.15) is 22.4 Å². The van der Waals surface area contributed by atoms with Crippen LogP contribution >= 0.6 is 23.5 Å². The number of phenols is 1. The summed E-state index contributed by atoms with van der Waals surface area (Å²) in [6.45, 7) is 0. The second-order valence-electron chi connectivity index (χ2n) is 4.33. The third kappa shape index (κ3) is 3.97. The number of aromatic nitrogens is 1. The number of anilines is 2. The van der Waals surface area contributed by atoms with Crippen LogP contribution in [0.3, 0.4) is 0 Å². The number of aromatic hydroxyl groups is 1. The summed E-state index contributed by atoms with van der Waals surface area (Å²) in [4.78, 5) is 15.0. The zero-order valence-corrected chi connectivity index (χ0v) is 14.0. The van der Waals surface area contributed by atoms with Crippen molar-refractivity contribution in [1.29, 1.82) is 0 Å². The van der Waals surface area contributed by atoms with Crippen molar-refractivity contribution in [2.24, 2.45) is 5.14 Å². The minimum atomic E-state index is -4.29. The van der Waals surface area contributed by atoms with Crippen molar-refractivity contribution in [1.82, 2.24) is 4.98 Å². The molecule has 1 aromatic carbocycles. The summed E-state index contributed by atoms with van der Waals surface area (Å²) < 4.78 is 27.4. The second kappa shape index (κ2) is 7.09. The molecule has 5 N–H and O–H groups in total. The highest BCUT2D eigenvalue weighted by Crippen LogP contribution is 2.36. The van der Waals surface area contributed by atoms with Gasteiger partial charge in [0.25, 0.3) is 5.88 Å². The molecule has 1 heterocycles. The average Bonchev–Trinajstić information content (AvgIpc) is 2.49. The van der Waals surface area contributed by atoms with E-state index in [4.69, 9.17) is 28.6 Å². The van der Waals surface area contributed by atoms with Gasteiger partial charge in [-0.2, -0.15) is 0 Å². The first kappa shape index (κ1) is 18.1. The molecule has 1 aromatic heterocycles. The number of hydrogen-bond donors (Lipinski definition) is 4. The van der Waals surface area contributed by atoms with Crippen LogP contribution in [0.2, 0.25) is 5.02 Å². The van der Waals surface area contributed by atoms with Gasteiger partial charge in [0.05, 0.1) is 10.7 Å². The molecular weight excluding hydrogens is 383 g/mol. The number of carbonyl (C=O) groups is 1. The molecule has 2 amide bonds. The molecule has 0 radical (unpaired) electrons. The van der Waals surface area contributed by atoms with Crippen LogP contribution in [0, 0.1) is 0 Å². The lowest BCUT2D eigenvalue weighted by molar-refractivity contribution is 0.262. The summed E-state index contributed by atoms with van der Waals surface area (Å²) in [5.41, 5.74) is -0.0803. The van der Waals surface area contributed by atoms with E-state index in [9.17, 15) is 18.3 Å². The van der Waals surface area contributed by atoms with Crippen LogP contribution in [-0.2, 0) is 10.0 Å². The Morgan fingerprint density at radius 3 is 2.54 bits per heavy atom. The fourth-order valence-corrected chi connectivity index (χ4v) is 3.06. The first-order chi connectivity index (χ1) is 11.2. The lowest BCUT2D eigenvalue weighted by Crippen LogP contribution is -2.21. The Labute approximate surface area is 146 Å². The highest BCUT2D eigenvalue weighted by Gasteiger charge is 2.22. The molecule has 0 aliphatic heterocycles. The number of nitrogens with one attached hydrogen (secondary N) is 2. The number of benzene rings is 1. The molecule has 0 spiro atoms. The first-order valence-corrected chi connectivity index (χ1v) is 8.33. The summed E-state index contributed by atoms with van der Waals surface area (Å²) in [6, 6.07) is 4.52. The maximum absolute atomic E-state index is 12.0. The predicted molar refractivity (Wildman–Crippen MR) is 87.8 cm³/mol. The Balaban J connectivity index is 2.27. The Bertz CT molecular complexity index is 891. The number of urea groups is 1. The van der Waals surface area contributed by atoms with Crippen LogP contribution in [0.1, 0.15) is 0 Å². The normalized spacial score (nSPS) is 11.0. The minimum Gasteiger partial charge on any atom is -0.504 e. The van der Waals surface area contributed by atoms with E-state index in [1.165, 1.54) is 24.4 Å². The van der Waals surface area contributed by atoms with E-state index in [2.05, 4.69) is 19.9 Å². The number of sulfonamides is 1. The van der Waals surface area contributed by atoms with E-state index < -0.39 is 26.7 Å². The fraction of sp³-hybridized carbons (Fsp3) is 0. The van der Waals surface area contributed by atoms with E-state index in [1.807, 2.05) is 0 Å². The molecule has 2 aromatic rings. The number of rotatable bonds is 4. The number of halogens is 2. The lowest BCUT2D eigenvalue weighted by Gasteiger charge is -2.12. The van der Waals surface area contributed by atoms with Crippen LogP contribution in [0.25, 0.3) is 0 Å². The molecule has 0 aliphatic carbocycles. The van der Waals surface area contributed by atoms with Crippen molar-refractivity contribution >= 4 is 50.9 Å². The van der Waals surface area contributed by atoms with Crippen molar-refractivity contribution in [3.05, 3.63) is 35.5 Å². The molecule has 24 heavy (non-hydrogen) atoms. The van der Waals surface area contributed by atoms with E-state index in [0.717, 1.165) is 6.07 Å². The van der Waals surface area contributed by atoms with Crippen molar-refractivity contribution in [2.45, 2.75) is 4.90 Å². The van der Waals surface area contributed by atoms with Crippen molar-refractivity contribution in [2.75, 3.05) is 10.6 Å². The second-order valence-corrected chi connectivity index (χ2v) is 6.39. The molecule has 0 aliphatic rings. The highest BCUT2D eigenvalue weighted by atomic mass is 35.5. The fourth-order valence-electron chi connectivity index (χ4n) is 1.74. The van der Waals surface area contributed by atoms with Gasteiger partial charge in [-0.25, -0.2) is 23.3 Å². The van der Waals surface area contributed by atoms with Crippen LogP contribution in [-0.4, -0.2) is 24.5 Å². The van der Waals surface area contributed by atoms with Crippen LogP contribution < -0.4 is 20.1 Å². The number of nitrogens with two attached hydrogens (primary N) is 1. The number of phenolic OH excluding ortho intramolecular Hbond substituents is 1. The van der Waals surface area contributed by atoms with E-state index in [1.54, 1.807) is 0 Å². The maximum atomic E-state index is 12.0. The molecule has 0 bridgehead atoms. The standard InChI is InChI=1S/C12H10Cl2N4O5S/c13-6-3-4-7(9(19)10(6)24(15,21)22)17-12(20)18-8-2-1-5-16-11(8)23-14/h1-5,19H,(H2,15,21,22)(H2,17,18,20). The Kier molecular flexibility index (Phi) is 5.34. The average molecular weight is 393 g/mol. The molecule has 0 atom stereocenters. The monoisotopic (exact) mass is 392 g/mol. The highest BCUT2D eigenvalue weighted by molar-refractivity contribution is 7.89. The van der Waals surface area contributed by atoms with Gasteiger partial charge in [-0.3, -0.25) is 0 Å². The molecule has 0 saturated heterocycles. The topological polar surface area (TPSA) is 144 Å². The van der Waals surface area contributed by atoms with Gasteiger partial charge in [-0.1, -0.05) is 11.6 Å². The Hall–Kier alpha value is -2.27. The smallest absolute Gasteiger partial charge is 0.323 e. The molecular formula is C12H10Cl2N4O5S. The van der Waals surface area contributed by atoms with Crippen LogP contribution in [0.5, 0.6) is 11.6 Å². The summed E-state index contributed by atoms with van der Waals surface area (Å²) in [7, 11) is -4.29. The quantitative estimate of drug-likeness (QED) is 0.587. The van der Waals surface area contributed by atoms with Crippen molar-refractivity contribution in [3.8, 4) is 11.6 Å². The van der Waals surface area contributed by atoms with E-state index in [-0.39, 0.29) is 22.3 Å². The summed E-state index contributed by atoms with van der Waals surface area (Å²) in [6.07, 6.45) is 1.39. The molecule has 0 saturated carbocycles. The van der Waals surface area contributed by atoms with E-state index >= 15 is 0 Å². The van der Waals surface area contributed by atoms with Gasteiger partial charge < -0.3 is 20.0 Å². The molecule has 12 heteroatoms. The van der Waals surface area contributed by atoms with Crippen LogP contribution in [0.15, 0.2) is 35.4 Å². The van der Waals surface area contributed by atoms with E-state index in [0.29, 0.717) is 0 Å². The van der Waals surface area contributed by atoms with Gasteiger partial charge in [-0.15, -0.1) is 0 Å². The first-order valence-electron chi connectivity index (χ1n) is 6.10. The Morgan fingerprint density at radius 2 is 1.92 bits per heavy atom. The number of pyridine rings is 1. The predicted octanol–water partition coefficient (Wildman–Crippen LogP) is 2.26. The summed E-state index contributed by atoms with van der Waals surface area (Å²) in [5.74, 6) is -0.847. The largest absolute Gasteiger partial charge is 0.504 e. The molecule has 0 unspecified atom stereocenters. The SMILES string of the molecule is NS(=O)(=O)c1c(Cl)ccc(NC(=O)Nc2cccnc2OCl)c1O. The third-order valence-corrected chi connectivity index (χ3v) is 4.26. The maximum Gasteiger partial charge on any atom is 0.323 e. The number of hydrogen-bond acceptors (Lipinski definition) is 6. The molecule has 9 nitrogen and oxygen atoms in total. The zero-order chi connectivity index (χ0) is 17.9. The number of nitrogens with zero attached hydrogens (tertiary/aromatic N) is 1. The molecule has 0 fully saturated rings. The van der Waals surface area contributed by atoms with Gasteiger partial charge in [0, 0.05) is 6.20 Å². The van der Waals surface area contributed by atoms with Crippen molar-refractivity contribution < 1.29 is 22.6 Å². The number of primary sulfonamides is 1. The van der Waals surface area contributed by atoms with Crippen LogP contribution in [0.4, 0.5) is 16.2 Å². The van der Waals surface area contributed by atoms with Gasteiger partial charge >= 0.3 is 6.03 Å². The zero-order valence-electron chi connectivity index (χ0n) is 11.7. The minimum absolute atomic E-state index is 0.0557. The summed E-state index contributed by atoms with van der Waals surface area (Å²) >= 11 is 10.9. The van der Waals surface area contributed by atoms with Gasteiger partial charge in [0.15, 0.2) is 5.75 Å². The molecule has 128 valence electrons. The lowest BCUT2D eigenvalue weighted by atomic mass is 10.3. The van der Waals surface area contributed by atoms with Crippen molar-refractivity contribution in [3.63, 3.8) is 0 Å². The van der Waals surface area contributed by atoms with Gasteiger partial charge in [0.2, 0.25) is 10.0 Å². The summed E-state index contributed by atoms with van der Waals surface area (Å²) in [5, 5.41) is 19.3. The number of amides is 2.